The highest BCUT2D eigenvalue weighted by molar-refractivity contribution is 9.11. The maximum absolute atomic E-state index is 12.5. The third-order valence-corrected chi connectivity index (χ3v) is 6.76. The number of nitrogens with one attached hydrogen (secondary N) is 1. The van der Waals surface area contributed by atoms with Crippen LogP contribution in [0.3, 0.4) is 0 Å². The van der Waals surface area contributed by atoms with Gasteiger partial charge in [-0.3, -0.25) is 4.79 Å². The topological polar surface area (TPSA) is 63.8 Å². The lowest BCUT2D eigenvalue weighted by atomic mass is 10.2. The molecule has 0 unspecified atom stereocenters. The van der Waals surface area contributed by atoms with E-state index in [9.17, 15) is 4.79 Å². The van der Waals surface area contributed by atoms with Crippen molar-refractivity contribution in [1.82, 2.24) is 5.43 Å². The molecule has 0 saturated carbocycles. The zero-order valence-electron chi connectivity index (χ0n) is 16.5. The normalized spacial score (nSPS) is 11.3. The molecule has 3 aromatic carbocycles. The fourth-order valence-corrected chi connectivity index (χ4v) is 4.98. The van der Waals surface area contributed by atoms with Crippen LogP contribution >= 0.6 is 71.0 Å². The number of fused-ring (bicyclic) bond motifs is 1. The zero-order chi connectivity index (χ0) is 23.5. The van der Waals surface area contributed by atoms with Gasteiger partial charge in [0.2, 0.25) is 0 Å². The van der Waals surface area contributed by atoms with Gasteiger partial charge in [-0.25, -0.2) is 5.43 Å². The quantitative estimate of drug-likeness (QED) is 0.165. The predicted octanol–water partition coefficient (Wildman–Crippen LogP) is 8.37. The fourth-order valence-electron chi connectivity index (χ4n) is 2.95. The average molecular weight is 676 g/mol. The molecule has 1 N–H and O–H groups in total. The molecule has 0 aliphatic carbocycles. The van der Waals surface area contributed by atoms with Crippen LogP contribution in [0.1, 0.15) is 21.7 Å². The van der Waals surface area contributed by atoms with Crippen molar-refractivity contribution in [2.75, 3.05) is 0 Å². The van der Waals surface area contributed by atoms with E-state index in [1.54, 1.807) is 24.3 Å². The van der Waals surface area contributed by atoms with Crippen LogP contribution in [0.2, 0.25) is 10.0 Å². The second-order valence-electron chi connectivity index (χ2n) is 6.84. The van der Waals surface area contributed by atoms with Crippen LogP contribution in [-0.4, -0.2) is 12.1 Å². The first-order valence-corrected chi connectivity index (χ1v) is 12.5. The number of hydrazone groups is 1. The van der Waals surface area contributed by atoms with E-state index >= 15 is 0 Å². The number of carbonyl (C=O) groups excluding carboxylic acids is 1. The molecule has 0 atom stereocenters. The van der Waals surface area contributed by atoms with Crippen molar-refractivity contribution in [3.05, 3.63) is 94.9 Å². The molecule has 0 spiro atoms. The second kappa shape index (κ2) is 10.6. The number of halogens is 5. The van der Waals surface area contributed by atoms with E-state index in [0.29, 0.717) is 26.9 Å². The summed E-state index contributed by atoms with van der Waals surface area (Å²) >= 11 is 22.3. The Morgan fingerprint density at radius 3 is 2.61 bits per heavy atom. The SMILES string of the molecule is O=C(N/N=C\c1cc(Br)ccc1OCc1ccc(Cl)c(Cl)c1)c1cc2cc(Br)cc(Br)c2o1. The van der Waals surface area contributed by atoms with E-state index in [1.807, 2.05) is 30.3 Å². The highest BCUT2D eigenvalue weighted by Gasteiger charge is 2.14. The molecule has 0 aliphatic rings. The Kier molecular flexibility index (Phi) is 7.81. The first-order valence-electron chi connectivity index (χ1n) is 9.38. The molecule has 1 aromatic heterocycles. The maximum atomic E-state index is 12.5. The number of hydrogen-bond donors (Lipinski definition) is 1. The highest BCUT2D eigenvalue weighted by atomic mass is 79.9. The van der Waals surface area contributed by atoms with E-state index in [0.717, 1.165) is 24.4 Å². The predicted molar refractivity (Wildman–Crippen MR) is 142 cm³/mol. The van der Waals surface area contributed by atoms with Crippen molar-refractivity contribution < 1.29 is 13.9 Å². The number of furan rings is 1. The van der Waals surface area contributed by atoms with Crippen LogP contribution in [0, 0.1) is 0 Å². The van der Waals surface area contributed by atoms with Gasteiger partial charge in [0.1, 0.15) is 17.9 Å². The third-order valence-electron chi connectivity index (χ3n) is 4.48. The molecule has 4 aromatic rings. The maximum Gasteiger partial charge on any atom is 0.307 e. The molecule has 0 saturated heterocycles. The fraction of sp³-hybridized carbons (Fsp3) is 0.0435. The summed E-state index contributed by atoms with van der Waals surface area (Å²) in [6, 6.07) is 16.2. The highest BCUT2D eigenvalue weighted by Crippen LogP contribution is 2.31. The molecule has 1 heterocycles. The van der Waals surface area contributed by atoms with E-state index in [4.69, 9.17) is 32.4 Å². The first-order chi connectivity index (χ1) is 15.8. The molecular weight excluding hydrogens is 663 g/mol. The van der Waals surface area contributed by atoms with Gasteiger partial charge in [0.15, 0.2) is 5.76 Å². The Hall–Kier alpha value is -1.84. The van der Waals surface area contributed by atoms with E-state index in [2.05, 4.69) is 58.3 Å². The van der Waals surface area contributed by atoms with Crippen molar-refractivity contribution in [1.29, 1.82) is 0 Å². The summed E-state index contributed by atoms with van der Waals surface area (Å²) in [6.45, 7) is 0.287. The molecule has 1 amide bonds. The standard InChI is InChI=1S/C23H13Br3Cl2N2O3/c24-15-2-4-20(32-11-12-1-3-18(27)19(28)5-12)14(7-15)10-29-30-23(31)21-8-13-6-16(25)9-17(26)22(13)33-21/h1-10H,11H2,(H,30,31)/b29-10-. The van der Waals surface area contributed by atoms with Crippen molar-refractivity contribution in [3.63, 3.8) is 0 Å². The number of nitrogens with zero attached hydrogens (tertiary/aromatic N) is 1. The molecule has 5 nitrogen and oxygen atoms in total. The molecule has 0 bridgehead atoms. The van der Waals surface area contributed by atoms with Gasteiger partial charge in [-0.05, 0) is 70.0 Å². The first kappa shape index (κ1) is 24.3. The molecule has 168 valence electrons. The minimum atomic E-state index is -0.473. The average Bonchev–Trinajstić information content (AvgIpc) is 3.20. The number of amides is 1. The zero-order valence-corrected chi connectivity index (χ0v) is 22.8. The minimum Gasteiger partial charge on any atom is -0.488 e. The van der Waals surface area contributed by atoms with Gasteiger partial charge in [0, 0.05) is 19.9 Å². The summed E-state index contributed by atoms with van der Waals surface area (Å²) in [4.78, 5) is 12.5. The number of rotatable bonds is 6. The van der Waals surface area contributed by atoms with Gasteiger partial charge in [-0.1, -0.05) is 61.1 Å². The molecule has 10 heteroatoms. The summed E-state index contributed by atoms with van der Waals surface area (Å²) in [7, 11) is 0. The smallest absolute Gasteiger partial charge is 0.307 e. The van der Waals surface area contributed by atoms with Gasteiger partial charge < -0.3 is 9.15 Å². The Bertz CT molecular complexity index is 1390. The Balaban J connectivity index is 1.47. The van der Waals surface area contributed by atoms with Gasteiger partial charge >= 0.3 is 5.91 Å². The van der Waals surface area contributed by atoms with E-state index in [-0.39, 0.29) is 12.4 Å². The van der Waals surface area contributed by atoms with Gasteiger partial charge in [0.25, 0.3) is 0 Å². The Morgan fingerprint density at radius 2 is 1.82 bits per heavy atom. The number of benzene rings is 3. The molecular formula is C23H13Br3Cl2N2O3. The lowest BCUT2D eigenvalue weighted by Crippen LogP contribution is -2.16. The van der Waals surface area contributed by atoms with Crippen molar-refractivity contribution in [3.8, 4) is 5.75 Å². The molecule has 33 heavy (non-hydrogen) atoms. The lowest BCUT2D eigenvalue weighted by Gasteiger charge is -2.10. The number of ether oxygens (including phenoxy) is 1. The van der Waals surface area contributed by atoms with E-state index in [1.165, 1.54) is 6.21 Å². The summed E-state index contributed by atoms with van der Waals surface area (Å²) in [5, 5.41) is 5.80. The van der Waals surface area contributed by atoms with Crippen LogP contribution in [0.15, 0.2) is 77.5 Å². The van der Waals surface area contributed by atoms with Crippen molar-refractivity contribution in [2.45, 2.75) is 6.61 Å². The Morgan fingerprint density at radius 1 is 1.00 bits per heavy atom. The monoisotopic (exact) mass is 672 g/mol. The van der Waals surface area contributed by atoms with Crippen LogP contribution in [-0.2, 0) is 6.61 Å². The van der Waals surface area contributed by atoms with Gasteiger partial charge in [-0.2, -0.15) is 5.10 Å². The number of hydrogen-bond acceptors (Lipinski definition) is 4. The third kappa shape index (κ3) is 6.00. The largest absolute Gasteiger partial charge is 0.488 e. The molecule has 0 radical (unpaired) electrons. The van der Waals surface area contributed by atoms with E-state index < -0.39 is 5.91 Å². The van der Waals surface area contributed by atoms with Crippen LogP contribution < -0.4 is 10.2 Å². The van der Waals surface area contributed by atoms with Gasteiger partial charge in [-0.15, -0.1) is 0 Å². The van der Waals surface area contributed by atoms with Gasteiger partial charge in [0.05, 0.1) is 20.7 Å². The minimum absolute atomic E-state index is 0.145. The molecule has 0 fully saturated rings. The molecule has 4 rings (SSSR count). The van der Waals surface area contributed by atoms with Crippen molar-refractivity contribution in [2.24, 2.45) is 5.10 Å². The summed E-state index contributed by atoms with van der Waals surface area (Å²) in [5.41, 5.74) is 4.60. The summed E-state index contributed by atoms with van der Waals surface area (Å²) < 4.78 is 14.0. The molecule has 0 aliphatic heterocycles. The van der Waals surface area contributed by atoms with Crippen LogP contribution in [0.5, 0.6) is 5.75 Å². The van der Waals surface area contributed by atoms with Crippen molar-refractivity contribution >= 4 is 94.1 Å². The summed E-state index contributed by atoms with van der Waals surface area (Å²) in [6.07, 6.45) is 1.50. The number of carbonyl (C=O) groups is 1. The van der Waals surface area contributed by atoms with Crippen LogP contribution in [0.25, 0.3) is 11.0 Å². The summed E-state index contributed by atoms with van der Waals surface area (Å²) in [5.74, 6) is 0.254. The Labute approximate surface area is 224 Å². The lowest BCUT2D eigenvalue weighted by molar-refractivity contribution is 0.0929. The van der Waals surface area contributed by atoms with Crippen LogP contribution in [0.4, 0.5) is 0 Å². The second-order valence-corrected chi connectivity index (χ2v) is 10.3.